The number of nitrogens with one attached hydrogen (secondary N) is 3. The molecule has 7 heteroatoms. The molecule has 1 heterocycles. The molecule has 5 nitrogen and oxygen atoms in total. The zero-order chi connectivity index (χ0) is 15.3. The first kappa shape index (κ1) is 16.3. The van der Waals surface area contributed by atoms with Crippen molar-refractivity contribution in [3.8, 4) is 0 Å². The molecule has 0 saturated carbocycles. The number of sulfonamides is 1. The average molecular weight is 419 g/mol. The van der Waals surface area contributed by atoms with Crippen LogP contribution in [0.15, 0.2) is 41.4 Å². The number of anilines is 1. The van der Waals surface area contributed by atoms with Crippen molar-refractivity contribution in [2.45, 2.75) is 24.8 Å². The highest BCUT2D eigenvalue weighted by Gasteiger charge is 2.17. The number of hydrogen-bond acceptors (Lipinski definition) is 3. The molecular weight excluding hydrogens is 401 g/mol. The lowest BCUT2D eigenvalue weighted by Gasteiger charge is -2.07. The second-order valence-corrected chi connectivity index (χ2v) is 7.47. The number of hydrogen-bond donors (Lipinski definition) is 3. The summed E-state index contributed by atoms with van der Waals surface area (Å²) in [7, 11) is -3.56. The highest BCUT2D eigenvalue weighted by Crippen LogP contribution is 2.21. The maximum atomic E-state index is 12.3. The van der Waals surface area contributed by atoms with Crippen LogP contribution in [-0.4, -0.2) is 19.9 Å². The summed E-state index contributed by atoms with van der Waals surface area (Å²) in [6, 6.07) is 8.93. The summed E-state index contributed by atoms with van der Waals surface area (Å²) in [6.07, 6.45) is 2.56. The highest BCUT2D eigenvalue weighted by molar-refractivity contribution is 14.1. The van der Waals surface area contributed by atoms with Crippen LogP contribution >= 0.6 is 22.6 Å². The van der Waals surface area contributed by atoms with Crippen LogP contribution in [0.4, 0.5) is 5.69 Å². The standard InChI is InChI=1S/C14H18IN3O2S/c1-2-7-16-9-11-8-12(10-17-11)21(19,20)18-14-6-4-3-5-13(14)15/h3-6,8,10,16-18H,2,7,9H2,1H3. The monoisotopic (exact) mass is 419 g/mol. The maximum absolute atomic E-state index is 12.3. The van der Waals surface area contributed by atoms with Crippen molar-refractivity contribution in [2.24, 2.45) is 0 Å². The molecule has 21 heavy (non-hydrogen) atoms. The Bertz CT molecular complexity index is 698. The minimum absolute atomic E-state index is 0.246. The zero-order valence-electron chi connectivity index (χ0n) is 11.7. The van der Waals surface area contributed by atoms with E-state index in [-0.39, 0.29) is 4.90 Å². The molecule has 1 aromatic heterocycles. The van der Waals surface area contributed by atoms with Crippen molar-refractivity contribution in [3.63, 3.8) is 0 Å². The van der Waals surface area contributed by atoms with Crippen molar-refractivity contribution >= 4 is 38.3 Å². The molecule has 2 aromatic rings. The Morgan fingerprint density at radius 3 is 2.76 bits per heavy atom. The number of benzene rings is 1. The van der Waals surface area contributed by atoms with Crippen molar-refractivity contribution in [1.29, 1.82) is 0 Å². The lowest BCUT2D eigenvalue weighted by Crippen LogP contribution is -2.14. The van der Waals surface area contributed by atoms with Crippen LogP contribution in [0.1, 0.15) is 19.0 Å². The van der Waals surface area contributed by atoms with Gasteiger partial charge in [0.1, 0.15) is 4.90 Å². The van der Waals surface area contributed by atoms with Gasteiger partial charge < -0.3 is 10.3 Å². The van der Waals surface area contributed by atoms with E-state index in [1.165, 1.54) is 6.20 Å². The van der Waals surface area contributed by atoms with Crippen molar-refractivity contribution in [2.75, 3.05) is 11.3 Å². The fourth-order valence-corrected chi connectivity index (χ4v) is 3.63. The fraction of sp³-hybridized carbons (Fsp3) is 0.286. The van der Waals surface area contributed by atoms with Gasteiger partial charge in [0.25, 0.3) is 10.0 Å². The molecule has 0 spiro atoms. The predicted molar refractivity (Wildman–Crippen MR) is 92.8 cm³/mol. The largest absolute Gasteiger partial charge is 0.363 e. The van der Waals surface area contributed by atoms with Gasteiger partial charge in [-0.05, 0) is 53.8 Å². The lowest BCUT2D eigenvalue weighted by atomic mass is 10.3. The van der Waals surface area contributed by atoms with E-state index in [1.807, 2.05) is 12.1 Å². The molecule has 0 atom stereocenters. The van der Waals surface area contributed by atoms with Crippen LogP contribution in [0, 0.1) is 3.57 Å². The summed E-state index contributed by atoms with van der Waals surface area (Å²) in [6.45, 7) is 3.62. The van der Waals surface area contributed by atoms with E-state index in [9.17, 15) is 8.42 Å². The first-order valence-corrected chi connectivity index (χ1v) is 9.24. The summed E-state index contributed by atoms with van der Waals surface area (Å²) in [5.41, 5.74) is 1.44. The number of rotatable bonds is 7. The van der Waals surface area contributed by atoms with E-state index in [2.05, 4.69) is 44.5 Å². The Labute approximate surface area is 138 Å². The van der Waals surface area contributed by atoms with E-state index in [4.69, 9.17) is 0 Å². The van der Waals surface area contributed by atoms with E-state index in [0.29, 0.717) is 12.2 Å². The Balaban J connectivity index is 2.11. The fourth-order valence-electron chi connectivity index (χ4n) is 1.82. The van der Waals surface area contributed by atoms with Gasteiger partial charge in [-0.1, -0.05) is 19.1 Å². The highest BCUT2D eigenvalue weighted by atomic mass is 127. The van der Waals surface area contributed by atoms with E-state index < -0.39 is 10.0 Å². The van der Waals surface area contributed by atoms with E-state index in [0.717, 1.165) is 22.2 Å². The second-order valence-electron chi connectivity index (χ2n) is 4.62. The van der Waals surface area contributed by atoms with Gasteiger partial charge in [-0.25, -0.2) is 8.42 Å². The average Bonchev–Trinajstić information content (AvgIpc) is 2.91. The van der Waals surface area contributed by atoms with Crippen LogP contribution in [0.5, 0.6) is 0 Å². The predicted octanol–water partition coefficient (Wildman–Crippen LogP) is 2.92. The van der Waals surface area contributed by atoms with Gasteiger partial charge in [0.2, 0.25) is 0 Å². The summed E-state index contributed by atoms with van der Waals surface area (Å²) >= 11 is 2.10. The molecule has 0 amide bonds. The van der Waals surface area contributed by atoms with Gasteiger partial charge in [-0.3, -0.25) is 4.72 Å². The zero-order valence-corrected chi connectivity index (χ0v) is 14.7. The SMILES string of the molecule is CCCNCc1cc(S(=O)(=O)Nc2ccccc2I)c[nH]1. The van der Waals surface area contributed by atoms with Gasteiger partial charge in [-0.15, -0.1) is 0 Å². The Morgan fingerprint density at radius 1 is 1.29 bits per heavy atom. The smallest absolute Gasteiger partial charge is 0.263 e. The summed E-state index contributed by atoms with van der Waals surface area (Å²) in [5.74, 6) is 0. The first-order chi connectivity index (χ1) is 10.0. The second kappa shape index (κ2) is 7.28. The minimum atomic E-state index is -3.56. The van der Waals surface area contributed by atoms with Crippen LogP contribution < -0.4 is 10.0 Å². The Morgan fingerprint density at radius 2 is 2.05 bits per heavy atom. The number of para-hydroxylation sites is 1. The minimum Gasteiger partial charge on any atom is -0.363 e. The van der Waals surface area contributed by atoms with Gasteiger partial charge in [0.15, 0.2) is 0 Å². The molecule has 0 bridgehead atoms. The molecule has 0 aliphatic heterocycles. The van der Waals surface area contributed by atoms with Gasteiger partial charge in [-0.2, -0.15) is 0 Å². The molecule has 114 valence electrons. The summed E-state index contributed by atoms with van der Waals surface area (Å²) in [5, 5.41) is 3.23. The van der Waals surface area contributed by atoms with E-state index >= 15 is 0 Å². The first-order valence-electron chi connectivity index (χ1n) is 6.68. The van der Waals surface area contributed by atoms with Gasteiger partial charge in [0.05, 0.1) is 5.69 Å². The van der Waals surface area contributed by atoms with Crippen LogP contribution in [-0.2, 0) is 16.6 Å². The molecule has 0 aliphatic carbocycles. The maximum Gasteiger partial charge on any atom is 0.263 e. The van der Waals surface area contributed by atoms with Crippen LogP contribution in [0.3, 0.4) is 0 Å². The number of halogens is 1. The van der Waals surface area contributed by atoms with E-state index in [1.54, 1.807) is 18.2 Å². The van der Waals surface area contributed by atoms with Gasteiger partial charge in [0, 0.05) is 22.0 Å². The number of aromatic nitrogens is 1. The van der Waals surface area contributed by atoms with Crippen molar-refractivity contribution in [1.82, 2.24) is 10.3 Å². The normalized spacial score (nSPS) is 11.5. The Kier molecular flexibility index (Phi) is 5.65. The third-order valence-electron chi connectivity index (χ3n) is 2.89. The molecule has 0 unspecified atom stereocenters. The van der Waals surface area contributed by atoms with Crippen LogP contribution in [0.2, 0.25) is 0 Å². The number of H-pyrrole nitrogens is 1. The third-order valence-corrected chi connectivity index (χ3v) is 5.17. The number of aromatic amines is 1. The van der Waals surface area contributed by atoms with Gasteiger partial charge >= 0.3 is 0 Å². The molecule has 1 aromatic carbocycles. The molecule has 2 rings (SSSR count). The van der Waals surface area contributed by atoms with Crippen molar-refractivity contribution < 1.29 is 8.42 Å². The summed E-state index contributed by atoms with van der Waals surface area (Å²) < 4.78 is 28.2. The molecular formula is C14H18IN3O2S. The van der Waals surface area contributed by atoms with Crippen LogP contribution in [0.25, 0.3) is 0 Å². The third kappa shape index (κ3) is 4.45. The van der Waals surface area contributed by atoms with Crippen molar-refractivity contribution in [3.05, 3.63) is 45.8 Å². The molecule has 0 aliphatic rings. The molecule has 0 saturated heterocycles. The quantitative estimate of drug-likeness (QED) is 0.477. The summed E-state index contributed by atoms with van der Waals surface area (Å²) in [4.78, 5) is 3.23. The molecule has 0 radical (unpaired) electrons. The Hall–Kier alpha value is -1.06. The topological polar surface area (TPSA) is 74.0 Å². The molecule has 0 fully saturated rings. The lowest BCUT2D eigenvalue weighted by molar-refractivity contribution is 0.601. The molecule has 3 N–H and O–H groups in total.